The monoisotopic (exact) mass is 381 g/mol. The van der Waals surface area contributed by atoms with Gasteiger partial charge >= 0.3 is 5.97 Å². The summed E-state index contributed by atoms with van der Waals surface area (Å²) in [4.78, 5) is 26.5. The van der Waals surface area contributed by atoms with Crippen molar-refractivity contribution in [2.45, 2.75) is 49.1 Å². The zero-order valence-corrected chi connectivity index (χ0v) is 15.7. The van der Waals surface area contributed by atoms with Crippen molar-refractivity contribution < 1.29 is 27.9 Å². The zero-order valence-electron chi connectivity index (χ0n) is 14.8. The number of fused-ring (bicyclic) bond motifs is 1. The minimum Gasteiger partial charge on any atom is -0.496 e. The summed E-state index contributed by atoms with van der Waals surface area (Å²) in [5.74, 6) is -1.08. The summed E-state index contributed by atoms with van der Waals surface area (Å²) >= 11 is 0. The molecule has 0 bridgehead atoms. The van der Waals surface area contributed by atoms with E-state index >= 15 is 0 Å². The average Bonchev–Trinajstić information content (AvgIpc) is 2.99. The molecule has 3 rings (SSSR count). The van der Waals surface area contributed by atoms with Crippen LogP contribution in [-0.2, 0) is 14.6 Å². The summed E-state index contributed by atoms with van der Waals surface area (Å²) in [7, 11) is -2.11. The number of methoxy groups -OCH3 is 1. The lowest BCUT2D eigenvalue weighted by Crippen LogP contribution is -2.46. The van der Waals surface area contributed by atoms with E-state index in [9.17, 15) is 23.1 Å². The first-order valence-electron chi connectivity index (χ1n) is 8.67. The Balaban J connectivity index is 2.05. The predicted octanol–water partition coefficient (Wildman–Crippen LogP) is 1.96. The number of sulfone groups is 1. The number of carboxylic acids is 1. The third-order valence-electron chi connectivity index (χ3n) is 5.44. The van der Waals surface area contributed by atoms with Crippen LogP contribution in [0.5, 0.6) is 5.75 Å². The number of carboxylic acid groups (broad SMARTS) is 1. The van der Waals surface area contributed by atoms with Crippen LogP contribution < -0.4 is 4.74 Å². The van der Waals surface area contributed by atoms with Gasteiger partial charge in [-0.3, -0.25) is 4.79 Å². The number of hydrogen-bond donors (Lipinski definition) is 1. The van der Waals surface area contributed by atoms with E-state index in [2.05, 4.69) is 0 Å². The topological polar surface area (TPSA) is 101 Å². The van der Waals surface area contributed by atoms with Gasteiger partial charge in [0.1, 0.15) is 11.8 Å². The first kappa shape index (κ1) is 18.7. The maximum Gasteiger partial charge on any atom is 0.326 e. The molecule has 1 amide bonds. The summed E-state index contributed by atoms with van der Waals surface area (Å²) in [6, 6.07) is 3.10. The van der Waals surface area contributed by atoms with E-state index in [4.69, 9.17) is 4.74 Å². The maximum atomic E-state index is 13.3. The molecular weight excluding hydrogens is 358 g/mol. The summed E-state index contributed by atoms with van der Waals surface area (Å²) in [6.45, 7) is 0. The van der Waals surface area contributed by atoms with Crippen LogP contribution in [0.3, 0.4) is 0 Å². The van der Waals surface area contributed by atoms with Crippen molar-refractivity contribution in [1.29, 1.82) is 0 Å². The molecule has 1 saturated heterocycles. The van der Waals surface area contributed by atoms with Crippen molar-refractivity contribution in [2.75, 3.05) is 13.4 Å². The number of aliphatic carboxylic acids is 1. The molecule has 0 aromatic heterocycles. The Hall–Kier alpha value is -2.09. The molecule has 3 atom stereocenters. The number of rotatable bonds is 4. The lowest BCUT2D eigenvalue weighted by atomic mass is 9.84. The molecule has 8 heteroatoms. The molecule has 1 aromatic rings. The van der Waals surface area contributed by atoms with E-state index in [0.29, 0.717) is 6.42 Å². The highest BCUT2D eigenvalue weighted by Gasteiger charge is 2.48. The summed E-state index contributed by atoms with van der Waals surface area (Å²) in [5, 5.41) is 9.62. The molecule has 2 aliphatic rings. The number of carbonyl (C=O) groups is 2. The Morgan fingerprint density at radius 1 is 1.23 bits per heavy atom. The third kappa shape index (κ3) is 3.30. The number of benzene rings is 1. The van der Waals surface area contributed by atoms with Gasteiger partial charge in [0.2, 0.25) is 0 Å². The van der Waals surface area contributed by atoms with Crippen LogP contribution in [0.15, 0.2) is 23.1 Å². The molecule has 7 nitrogen and oxygen atoms in total. The van der Waals surface area contributed by atoms with E-state index in [1.54, 1.807) is 0 Å². The second kappa shape index (κ2) is 6.90. The van der Waals surface area contributed by atoms with Crippen LogP contribution in [0, 0.1) is 5.92 Å². The van der Waals surface area contributed by atoms with Gasteiger partial charge in [-0.15, -0.1) is 0 Å². The van der Waals surface area contributed by atoms with Crippen molar-refractivity contribution in [1.82, 2.24) is 4.90 Å². The highest BCUT2D eigenvalue weighted by Crippen LogP contribution is 2.41. The van der Waals surface area contributed by atoms with Crippen molar-refractivity contribution in [3.63, 3.8) is 0 Å². The Morgan fingerprint density at radius 2 is 1.92 bits per heavy atom. The van der Waals surface area contributed by atoms with Crippen LogP contribution in [0.25, 0.3) is 0 Å². The van der Waals surface area contributed by atoms with Gasteiger partial charge in [-0.1, -0.05) is 12.8 Å². The highest BCUT2D eigenvalue weighted by molar-refractivity contribution is 7.90. The van der Waals surface area contributed by atoms with Crippen LogP contribution in [0.4, 0.5) is 0 Å². The SMILES string of the molecule is COc1ccc(S(C)(=O)=O)cc1C(=O)N1C(C(=O)O)CC2CCCCC21. The van der Waals surface area contributed by atoms with Crippen LogP contribution >= 0.6 is 0 Å². The van der Waals surface area contributed by atoms with Gasteiger partial charge in [-0.25, -0.2) is 13.2 Å². The standard InChI is InChI=1S/C18H23NO6S/c1-25-16-8-7-12(26(2,23)24)10-13(16)17(20)19-14-6-4-3-5-11(14)9-15(19)18(21)22/h7-8,10-11,14-15H,3-6,9H2,1-2H3,(H,21,22). The smallest absolute Gasteiger partial charge is 0.326 e. The molecule has 1 saturated carbocycles. The summed E-state index contributed by atoms with van der Waals surface area (Å²) in [6.07, 6.45) is 5.20. The van der Waals surface area contributed by atoms with Gasteiger partial charge in [-0.05, 0) is 43.4 Å². The molecule has 1 aliphatic carbocycles. The van der Waals surface area contributed by atoms with Gasteiger partial charge in [0.25, 0.3) is 5.91 Å². The first-order chi connectivity index (χ1) is 12.2. The van der Waals surface area contributed by atoms with Crippen molar-refractivity contribution >= 4 is 21.7 Å². The van der Waals surface area contributed by atoms with Gasteiger partial charge in [0.15, 0.2) is 9.84 Å². The van der Waals surface area contributed by atoms with Crippen molar-refractivity contribution in [3.05, 3.63) is 23.8 Å². The molecule has 1 heterocycles. The number of nitrogens with zero attached hydrogens (tertiary/aromatic N) is 1. The second-order valence-electron chi connectivity index (χ2n) is 7.05. The van der Waals surface area contributed by atoms with Crippen molar-refractivity contribution in [2.24, 2.45) is 5.92 Å². The van der Waals surface area contributed by atoms with E-state index in [1.807, 2.05) is 0 Å². The van der Waals surface area contributed by atoms with Crippen LogP contribution in [0.1, 0.15) is 42.5 Å². The fraction of sp³-hybridized carbons (Fsp3) is 0.556. The first-order valence-corrected chi connectivity index (χ1v) is 10.6. The molecule has 0 spiro atoms. The zero-order chi connectivity index (χ0) is 19.1. The fourth-order valence-corrected chi connectivity index (χ4v) is 4.84. The Labute approximate surface area is 152 Å². The Bertz CT molecular complexity index is 834. The number of amides is 1. The van der Waals surface area contributed by atoms with Gasteiger partial charge in [0, 0.05) is 12.3 Å². The van der Waals surface area contributed by atoms with Crippen LogP contribution in [0.2, 0.25) is 0 Å². The minimum absolute atomic E-state index is 0.00733. The molecule has 1 aromatic carbocycles. The average molecular weight is 381 g/mol. The minimum atomic E-state index is -3.50. The number of likely N-dealkylation sites (tertiary alicyclic amines) is 1. The lowest BCUT2D eigenvalue weighted by Gasteiger charge is -2.33. The molecule has 1 N–H and O–H groups in total. The molecule has 0 radical (unpaired) electrons. The number of ether oxygens (including phenoxy) is 1. The molecular formula is C18H23NO6S. The molecule has 1 aliphatic heterocycles. The van der Waals surface area contributed by atoms with E-state index in [0.717, 1.165) is 31.9 Å². The van der Waals surface area contributed by atoms with E-state index in [-0.39, 0.29) is 28.2 Å². The molecule has 3 unspecified atom stereocenters. The van der Waals surface area contributed by atoms with Gasteiger partial charge in [0.05, 0.1) is 17.6 Å². The van der Waals surface area contributed by atoms with Crippen LogP contribution in [-0.4, -0.2) is 55.7 Å². The quantitative estimate of drug-likeness (QED) is 0.856. The van der Waals surface area contributed by atoms with E-state index in [1.165, 1.54) is 30.2 Å². The van der Waals surface area contributed by atoms with Gasteiger partial charge in [-0.2, -0.15) is 0 Å². The predicted molar refractivity (Wildman–Crippen MR) is 94.1 cm³/mol. The number of carbonyl (C=O) groups excluding carboxylic acids is 1. The normalized spacial score (nSPS) is 25.6. The molecule has 26 heavy (non-hydrogen) atoms. The Kier molecular flexibility index (Phi) is 4.96. The van der Waals surface area contributed by atoms with Gasteiger partial charge < -0.3 is 14.7 Å². The van der Waals surface area contributed by atoms with Crippen molar-refractivity contribution in [3.8, 4) is 5.75 Å². The number of hydrogen-bond acceptors (Lipinski definition) is 5. The second-order valence-corrected chi connectivity index (χ2v) is 9.06. The summed E-state index contributed by atoms with van der Waals surface area (Å²) < 4.78 is 29.0. The van der Waals surface area contributed by atoms with E-state index < -0.39 is 27.8 Å². The fourth-order valence-electron chi connectivity index (χ4n) is 4.20. The third-order valence-corrected chi connectivity index (χ3v) is 6.55. The lowest BCUT2D eigenvalue weighted by molar-refractivity contribution is -0.141. The molecule has 142 valence electrons. The maximum absolute atomic E-state index is 13.3. The molecule has 2 fully saturated rings. The largest absolute Gasteiger partial charge is 0.496 e. The summed E-state index contributed by atoms with van der Waals surface area (Å²) in [5.41, 5.74) is 0.0906. The Morgan fingerprint density at radius 3 is 2.54 bits per heavy atom. The highest BCUT2D eigenvalue weighted by atomic mass is 32.2.